The molecule has 20 heavy (non-hydrogen) atoms. The monoisotopic (exact) mass is 280 g/mol. The smallest absolute Gasteiger partial charge is 0.242 e. The molecule has 110 valence electrons. The van der Waals surface area contributed by atoms with Crippen LogP contribution >= 0.6 is 0 Å². The van der Waals surface area contributed by atoms with E-state index in [0.717, 1.165) is 12.0 Å². The Morgan fingerprint density at radius 3 is 2.40 bits per heavy atom. The van der Waals surface area contributed by atoms with Crippen LogP contribution < -0.4 is 5.32 Å². The number of carbonyl (C=O) groups excluding carboxylic acids is 2. The van der Waals surface area contributed by atoms with E-state index in [1.165, 1.54) is 24.0 Å². The molecule has 0 aliphatic heterocycles. The molecule has 5 heteroatoms. The number of hydrogen-bond donors (Lipinski definition) is 1. The topological polar surface area (TPSA) is 49.4 Å². The molecule has 1 aromatic carbocycles. The Balaban J connectivity index is 2.75. The van der Waals surface area contributed by atoms with E-state index in [1.54, 1.807) is 19.1 Å². The summed E-state index contributed by atoms with van der Waals surface area (Å²) in [6, 6.07) is 5.36. The lowest BCUT2D eigenvalue weighted by Crippen LogP contribution is -2.47. The Hall–Kier alpha value is -1.91. The molecule has 0 heterocycles. The van der Waals surface area contributed by atoms with Gasteiger partial charge in [-0.15, -0.1) is 0 Å². The molecule has 0 aliphatic rings. The van der Waals surface area contributed by atoms with Crippen LogP contribution in [0.1, 0.15) is 32.8 Å². The lowest BCUT2D eigenvalue weighted by molar-refractivity contribution is -0.138. The van der Waals surface area contributed by atoms with Crippen LogP contribution in [0.3, 0.4) is 0 Å². The Morgan fingerprint density at radius 1 is 1.30 bits per heavy atom. The van der Waals surface area contributed by atoms with Crippen LogP contribution in [0.15, 0.2) is 24.3 Å². The van der Waals surface area contributed by atoms with E-state index in [9.17, 15) is 14.0 Å². The summed E-state index contributed by atoms with van der Waals surface area (Å²) < 4.78 is 12.9. The highest BCUT2D eigenvalue weighted by Crippen LogP contribution is 2.10. The van der Waals surface area contributed by atoms with E-state index in [0.29, 0.717) is 6.54 Å². The molecule has 0 saturated carbocycles. The fourth-order valence-corrected chi connectivity index (χ4v) is 1.84. The first-order valence-electron chi connectivity index (χ1n) is 6.75. The number of nitrogens with zero attached hydrogens (tertiary/aromatic N) is 1. The van der Waals surface area contributed by atoms with E-state index in [4.69, 9.17) is 0 Å². The summed E-state index contributed by atoms with van der Waals surface area (Å²) in [5.41, 5.74) is 0.789. The minimum absolute atomic E-state index is 0.177. The Morgan fingerprint density at radius 2 is 1.90 bits per heavy atom. The number of benzene rings is 1. The van der Waals surface area contributed by atoms with E-state index in [-0.39, 0.29) is 24.2 Å². The third-order valence-electron chi connectivity index (χ3n) is 3.07. The largest absolute Gasteiger partial charge is 0.354 e. The summed E-state index contributed by atoms with van der Waals surface area (Å²) in [5, 5.41) is 2.77. The van der Waals surface area contributed by atoms with Gasteiger partial charge in [0.1, 0.15) is 11.9 Å². The average Bonchev–Trinajstić information content (AvgIpc) is 2.43. The highest BCUT2D eigenvalue weighted by molar-refractivity contribution is 5.86. The number of halogens is 1. The van der Waals surface area contributed by atoms with Crippen LogP contribution in [0.4, 0.5) is 4.39 Å². The first-order valence-corrected chi connectivity index (χ1v) is 6.75. The molecule has 0 unspecified atom stereocenters. The number of nitrogens with one attached hydrogen (secondary N) is 1. The molecular weight excluding hydrogens is 259 g/mol. The maximum Gasteiger partial charge on any atom is 0.242 e. The third kappa shape index (κ3) is 4.64. The number of hydrogen-bond acceptors (Lipinski definition) is 2. The second kappa shape index (κ2) is 7.62. The van der Waals surface area contributed by atoms with Gasteiger partial charge in [0.15, 0.2) is 0 Å². The van der Waals surface area contributed by atoms with Gasteiger partial charge in [0.05, 0.1) is 0 Å². The van der Waals surface area contributed by atoms with Gasteiger partial charge >= 0.3 is 0 Å². The molecule has 0 bridgehead atoms. The molecule has 2 amide bonds. The predicted molar refractivity (Wildman–Crippen MR) is 75.4 cm³/mol. The second-order valence-corrected chi connectivity index (χ2v) is 4.74. The Bertz CT molecular complexity index is 459. The van der Waals surface area contributed by atoms with Crippen LogP contribution in [0.2, 0.25) is 0 Å². The van der Waals surface area contributed by atoms with E-state index >= 15 is 0 Å². The van der Waals surface area contributed by atoms with Crippen molar-refractivity contribution in [3.05, 3.63) is 35.6 Å². The molecule has 4 nitrogen and oxygen atoms in total. The zero-order chi connectivity index (χ0) is 15.1. The Labute approximate surface area is 119 Å². The maximum absolute atomic E-state index is 12.9. The van der Waals surface area contributed by atoms with Crippen molar-refractivity contribution in [2.24, 2.45) is 0 Å². The fourth-order valence-electron chi connectivity index (χ4n) is 1.84. The molecule has 1 aromatic rings. The standard InChI is InChI=1S/C15H21FN2O2/c1-4-9-17-15(20)11(2)18(12(3)19)10-13-5-7-14(16)8-6-13/h5-8,11H,4,9-10H2,1-3H3,(H,17,20)/t11-/m1/s1. The van der Waals surface area contributed by atoms with Gasteiger partial charge in [0, 0.05) is 20.0 Å². The highest BCUT2D eigenvalue weighted by atomic mass is 19.1. The molecule has 0 fully saturated rings. The van der Waals surface area contributed by atoms with Gasteiger partial charge in [-0.2, -0.15) is 0 Å². The van der Waals surface area contributed by atoms with Gasteiger partial charge in [-0.3, -0.25) is 9.59 Å². The lowest BCUT2D eigenvalue weighted by Gasteiger charge is -2.27. The van der Waals surface area contributed by atoms with Gasteiger partial charge in [-0.05, 0) is 31.0 Å². The molecule has 0 aliphatic carbocycles. The van der Waals surface area contributed by atoms with Crippen molar-refractivity contribution in [1.29, 1.82) is 0 Å². The molecule has 0 spiro atoms. The molecule has 1 N–H and O–H groups in total. The van der Waals surface area contributed by atoms with Crippen LogP contribution in [0.5, 0.6) is 0 Å². The SMILES string of the molecule is CCCNC(=O)[C@@H](C)N(Cc1ccc(F)cc1)C(C)=O. The third-order valence-corrected chi connectivity index (χ3v) is 3.07. The zero-order valence-corrected chi connectivity index (χ0v) is 12.1. The summed E-state index contributed by atoms with van der Waals surface area (Å²) in [4.78, 5) is 25.1. The maximum atomic E-state index is 12.9. The Kier molecular flexibility index (Phi) is 6.15. The molecule has 0 radical (unpaired) electrons. The first-order chi connectivity index (χ1) is 9.45. The first kappa shape index (κ1) is 16.1. The summed E-state index contributed by atoms with van der Waals surface area (Å²) in [5.74, 6) is -0.686. The van der Waals surface area contributed by atoms with E-state index < -0.39 is 6.04 Å². The van der Waals surface area contributed by atoms with E-state index in [2.05, 4.69) is 5.32 Å². The van der Waals surface area contributed by atoms with Crippen LogP contribution in [0, 0.1) is 5.82 Å². The summed E-state index contributed by atoms with van der Waals surface area (Å²) >= 11 is 0. The van der Waals surface area contributed by atoms with Gasteiger partial charge in [-0.25, -0.2) is 4.39 Å². The summed E-state index contributed by atoms with van der Waals surface area (Å²) in [6.07, 6.45) is 0.844. The minimum atomic E-state index is -0.552. The van der Waals surface area contributed by atoms with Crippen LogP contribution in [0.25, 0.3) is 0 Å². The van der Waals surface area contributed by atoms with Crippen LogP contribution in [-0.2, 0) is 16.1 Å². The lowest BCUT2D eigenvalue weighted by atomic mass is 10.1. The normalized spacial score (nSPS) is 11.8. The summed E-state index contributed by atoms with van der Waals surface area (Å²) in [7, 11) is 0. The van der Waals surface area contributed by atoms with Crippen molar-refractivity contribution < 1.29 is 14.0 Å². The molecular formula is C15H21FN2O2. The van der Waals surface area contributed by atoms with Crippen LogP contribution in [-0.4, -0.2) is 29.3 Å². The van der Waals surface area contributed by atoms with Gasteiger partial charge in [-0.1, -0.05) is 19.1 Å². The van der Waals surface area contributed by atoms with Crippen molar-refractivity contribution in [1.82, 2.24) is 10.2 Å². The fraction of sp³-hybridized carbons (Fsp3) is 0.467. The molecule has 1 atom stereocenters. The second-order valence-electron chi connectivity index (χ2n) is 4.74. The molecule has 1 rings (SSSR count). The van der Waals surface area contributed by atoms with Crippen molar-refractivity contribution in [3.63, 3.8) is 0 Å². The average molecular weight is 280 g/mol. The van der Waals surface area contributed by atoms with E-state index in [1.807, 2.05) is 6.92 Å². The van der Waals surface area contributed by atoms with Gasteiger partial charge < -0.3 is 10.2 Å². The van der Waals surface area contributed by atoms with Gasteiger partial charge in [0.2, 0.25) is 11.8 Å². The molecule has 0 saturated heterocycles. The van der Waals surface area contributed by atoms with Crippen molar-refractivity contribution >= 4 is 11.8 Å². The number of amides is 2. The quantitative estimate of drug-likeness (QED) is 0.867. The van der Waals surface area contributed by atoms with Crippen molar-refractivity contribution in [2.45, 2.75) is 39.8 Å². The minimum Gasteiger partial charge on any atom is -0.354 e. The van der Waals surface area contributed by atoms with Crippen molar-refractivity contribution in [3.8, 4) is 0 Å². The predicted octanol–water partition coefficient (Wildman–Crippen LogP) is 2.09. The number of carbonyl (C=O) groups is 2. The van der Waals surface area contributed by atoms with Crippen molar-refractivity contribution in [2.75, 3.05) is 6.54 Å². The molecule has 0 aromatic heterocycles. The number of rotatable bonds is 6. The van der Waals surface area contributed by atoms with Gasteiger partial charge in [0.25, 0.3) is 0 Å². The summed E-state index contributed by atoms with van der Waals surface area (Å²) in [6.45, 7) is 5.96. The zero-order valence-electron chi connectivity index (χ0n) is 12.1. The highest BCUT2D eigenvalue weighted by Gasteiger charge is 2.23.